The van der Waals surface area contributed by atoms with Crippen LogP contribution in [0.2, 0.25) is 0 Å². The van der Waals surface area contributed by atoms with Crippen LogP contribution in [0.5, 0.6) is 0 Å². The monoisotopic (exact) mass is 441 g/mol. The lowest BCUT2D eigenvalue weighted by Crippen LogP contribution is -2.40. The zero-order valence-corrected chi connectivity index (χ0v) is 16.8. The number of piperidine rings is 1. The van der Waals surface area contributed by atoms with E-state index in [1.165, 1.54) is 0 Å². The molecule has 7 nitrogen and oxygen atoms in total. The molecular formula is C20H20BrN5O2. The van der Waals surface area contributed by atoms with E-state index in [9.17, 15) is 9.59 Å². The molecule has 4 rings (SSSR count). The average molecular weight is 442 g/mol. The predicted octanol–water partition coefficient (Wildman–Crippen LogP) is 2.93. The van der Waals surface area contributed by atoms with Gasteiger partial charge in [0.05, 0.1) is 23.4 Å². The van der Waals surface area contributed by atoms with Crippen molar-refractivity contribution in [3.05, 3.63) is 63.2 Å². The number of H-pyrrole nitrogens is 1. The molecule has 0 bridgehead atoms. The van der Waals surface area contributed by atoms with Gasteiger partial charge in [-0.05, 0) is 59.6 Å². The number of hydrogen-bond donors (Lipinski definition) is 2. The molecule has 1 aliphatic rings. The first kappa shape index (κ1) is 18.8. The second-order valence-electron chi connectivity index (χ2n) is 6.95. The maximum Gasteiger partial charge on any atom is 0.258 e. The summed E-state index contributed by atoms with van der Waals surface area (Å²) in [6, 6.07) is 10.9. The summed E-state index contributed by atoms with van der Waals surface area (Å²) < 4.78 is 0.867. The SMILES string of the molecule is O=C(Nc1ccc(Br)cn1)C1CCCN(Cc2nc3ccccc3c(=O)[nH]2)C1. The van der Waals surface area contributed by atoms with E-state index in [0.29, 0.717) is 35.6 Å². The quantitative estimate of drug-likeness (QED) is 0.649. The lowest BCUT2D eigenvalue weighted by atomic mass is 9.97. The number of benzene rings is 1. The molecule has 1 aliphatic heterocycles. The van der Waals surface area contributed by atoms with Crippen LogP contribution in [0.25, 0.3) is 10.9 Å². The highest BCUT2D eigenvalue weighted by molar-refractivity contribution is 9.10. The standard InChI is InChI=1S/C20H20BrN5O2/c21-14-7-8-17(22-10-14)24-19(27)13-4-3-9-26(11-13)12-18-23-16-6-2-1-5-15(16)20(28)25-18/h1-2,5-8,10,13H,3-4,9,11-12H2,(H,22,24,27)(H,23,25,28). The van der Waals surface area contributed by atoms with Crippen LogP contribution in [0.4, 0.5) is 5.82 Å². The van der Waals surface area contributed by atoms with Crippen LogP contribution in [-0.2, 0) is 11.3 Å². The number of pyridine rings is 1. The number of fused-ring (bicyclic) bond motifs is 1. The van der Waals surface area contributed by atoms with Crippen LogP contribution >= 0.6 is 15.9 Å². The second kappa shape index (κ2) is 8.20. The number of carbonyl (C=O) groups excluding carboxylic acids is 1. The second-order valence-corrected chi connectivity index (χ2v) is 7.87. The molecule has 0 radical (unpaired) electrons. The Morgan fingerprint density at radius 3 is 2.96 bits per heavy atom. The van der Waals surface area contributed by atoms with Crippen LogP contribution in [-0.4, -0.2) is 38.8 Å². The van der Waals surface area contributed by atoms with Gasteiger partial charge >= 0.3 is 0 Å². The van der Waals surface area contributed by atoms with Crippen LogP contribution in [0.1, 0.15) is 18.7 Å². The molecule has 1 amide bonds. The van der Waals surface area contributed by atoms with Gasteiger partial charge in [0.1, 0.15) is 11.6 Å². The van der Waals surface area contributed by atoms with Gasteiger partial charge in [-0.25, -0.2) is 9.97 Å². The number of anilines is 1. The minimum absolute atomic E-state index is 0.0283. The zero-order valence-electron chi connectivity index (χ0n) is 15.2. The minimum atomic E-state index is -0.131. The van der Waals surface area contributed by atoms with E-state index in [1.807, 2.05) is 24.3 Å². The molecule has 1 saturated heterocycles. The molecule has 8 heteroatoms. The first-order valence-corrected chi connectivity index (χ1v) is 10.0. The maximum atomic E-state index is 12.6. The topological polar surface area (TPSA) is 91.0 Å². The summed E-state index contributed by atoms with van der Waals surface area (Å²) in [4.78, 5) is 38.7. The third-order valence-electron chi connectivity index (χ3n) is 4.89. The Balaban J connectivity index is 1.43. The number of halogens is 1. The maximum absolute atomic E-state index is 12.6. The van der Waals surface area contributed by atoms with Crippen molar-refractivity contribution in [1.82, 2.24) is 19.9 Å². The number of aromatic amines is 1. The number of rotatable bonds is 4. The summed E-state index contributed by atoms with van der Waals surface area (Å²) in [6.07, 6.45) is 3.41. The van der Waals surface area contributed by atoms with E-state index in [-0.39, 0.29) is 17.4 Å². The summed E-state index contributed by atoms with van der Waals surface area (Å²) in [5.41, 5.74) is 0.557. The van der Waals surface area contributed by atoms with Gasteiger partial charge in [-0.1, -0.05) is 12.1 Å². The van der Waals surface area contributed by atoms with Crippen molar-refractivity contribution in [3.63, 3.8) is 0 Å². The Labute approximate surface area is 170 Å². The smallest absolute Gasteiger partial charge is 0.258 e. The number of likely N-dealkylation sites (tertiary alicyclic amines) is 1. The van der Waals surface area contributed by atoms with Crippen molar-refractivity contribution >= 4 is 38.6 Å². The first-order chi connectivity index (χ1) is 13.6. The highest BCUT2D eigenvalue weighted by Gasteiger charge is 2.26. The van der Waals surface area contributed by atoms with Gasteiger partial charge in [-0.3, -0.25) is 14.5 Å². The van der Waals surface area contributed by atoms with Gasteiger partial charge in [0.25, 0.3) is 5.56 Å². The number of nitrogens with zero attached hydrogens (tertiary/aromatic N) is 3. The number of carbonyl (C=O) groups is 1. The lowest BCUT2D eigenvalue weighted by molar-refractivity contribution is -0.121. The molecule has 2 aromatic heterocycles. The Morgan fingerprint density at radius 2 is 2.14 bits per heavy atom. The largest absolute Gasteiger partial charge is 0.310 e. The van der Waals surface area contributed by atoms with Crippen molar-refractivity contribution in [1.29, 1.82) is 0 Å². The molecular weight excluding hydrogens is 422 g/mol. The summed E-state index contributed by atoms with van der Waals surface area (Å²) in [5, 5.41) is 3.47. The summed E-state index contributed by atoms with van der Waals surface area (Å²) in [7, 11) is 0. The van der Waals surface area contributed by atoms with Gasteiger partial charge < -0.3 is 10.3 Å². The average Bonchev–Trinajstić information content (AvgIpc) is 2.70. The van der Waals surface area contributed by atoms with E-state index in [4.69, 9.17) is 0 Å². The first-order valence-electron chi connectivity index (χ1n) is 9.21. The van der Waals surface area contributed by atoms with E-state index < -0.39 is 0 Å². The fraction of sp³-hybridized carbons (Fsp3) is 0.300. The van der Waals surface area contributed by atoms with Crippen LogP contribution < -0.4 is 10.9 Å². The molecule has 2 N–H and O–H groups in total. The molecule has 1 atom stereocenters. The van der Waals surface area contributed by atoms with E-state index in [2.05, 4.69) is 41.1 Å². The zero-order chi connectivity index (χ0) is 19.5. The van der Waals surface area contributed by atoms with Gasteiger partial charge in [-0.2, -0.15) is 0 Å². The van der Waals surface area contributed by atoms with Crippen molar-refractivity contribution in [3.8, 4) is 0 Å². The molecule has 144 valence electrons. The van der Waals surface area contributed by atoms with Gasteiger partial charge in [0.15, 0.2) is 0 Å². The van der Waals surface area contributed by atoms with E-state index in [1.54, 1.807) is 18.3 Å². The minimum Gasteiger partial charge on any atom is -0.310 e. The Hall–Kier alpha value is -2.58. The fourth-order valence-corrected chi connectivity index (χ4v) is 3.75. The van der Waals surface area contributed by atoms with Crippen LogP contribution in [0, 0.1) is 5.92 Å². The van der Waals surface area contributed by atoms with Crippen LogP contribution in [0.15, 0.2) is 51.9 Å². The fourth-order valence-electron chi connectivity index (χ4n) is 3.51. The highest BCUT2D eigenvalue weighted by atomic mass is 79.9. The van der Waals surface area contributed by atoms with Gasteiger partial charge in [0.2, 0.25) is 5.91 Å². The number of hydrogen-bond acceptors (Lipinski definition) is 5. The number of nitrogens with one attached hydrogen (secondary N) is 2. The summed E-state index contributed by atoms with van der Waals surface area (Å²) in [6.45, 7) is 2.01. The number of aromatic nitrogens is 3. The molecule has 3 aromatic rings. The number of para-hydroxylation sites is 1. The molecule has 1 unspecified atom stereocenters. The molecule has 0 saturated carbocycles. The summed E-state index contributed by atoms with van der Waals surface area (Å²) in [5.74, 6) is 1.02. The molecule has 3 heterocycles. The third-order valence-corrected chi connectivity index (χ3v) is 5.36. The Kier molecular flexibility index (Phi) is 5.50. The van der Waals surface area contributed by atoms with Crippen molar-refractivity contribution in [2.24, 2.45) is 5.92 Å². The van der Waals surface area contributed by atoms with Gasteiger partial charge in [0, 0.05) is 17.2 Å². The Bertz CT molecular complexity index is 1050. The highest BCUT2D eigenvalue weighted by Crippen LogP contribution is 2.20. The summed E-state index contributed by atoms with van der Waals surface area (Å²) >= 11 is 3.33. The predicted molar refractivity (Wildman–Crippen MR) is 111 cm³/mol. The van der Waals surface area contributed by atoms with E-state index >= 15 is 0 Å². The third kappa shape index (κ3) is 4.28. The molecule has 0 spiro atoms. The van der Waals surface area contributed by atoms with Crippen LogP contribution in [0.3, 0.4) is 0 Å². The Morgan fingerprint density at radius 1 is 1.29 bits per heavy atom. The number of amides is 1. The molecule has 28 heavy (non-hydrogen) atoms. The molecule has 0 aliphatic carbocycles. The normalized spacial score (nSPS) is 17.5. The molecule has 1 fully saturated rings. The van der Waals surface area contributed by atoms with Gasteiger partial charge in [-0.15, -0.1) is 0 Å². The van der Waals surface area contributed by atoms with Crippen molar-refractivity contribution < 1.29 is 4.79 Å². The van der Waals surface area contributed by atoms with Crippen molar-refractivity contribution in [2.75, 3.05) is 18.4 Å². The van der Waals surface area contributed by atoms with E-state index in [0.717, 1.165) is 23.9 Å². The lowest BCUT2D eigenvalue weighted by Gasteiger charge is -2.31. The molecule has 1 aromatic carbocycles. The van der Waals surface area contributed by atoms with Crippen molar-refractivity contribution in [2.45, 2.75) is 19.4 Å².